The maximum absolute atomic E-state index is 13.2. The van der Waals surface area contributed by atoms with Gasteiger partial charge in [0.05, 0.1) is 11.1 Å². The van der Waals surface area contributed by atoms with E-state index in [4.69, 9.17) is 0 Å². The number of nitrogens with one attached hydrogen (secondary N) is 2. The van der Waals surface area contributed by atoms with Gasteiger partial charge in [-0.15, -0.1) is 0 Å². The first-order chi connectivity index (χ1) is 11.6. The Balaban J connectivity index is 1.74. The number of carbonyl (C=O) groups is 1. The molecule has 0 unspecified atom stereocenters. The van der Waals surface area contributed by atoms with Gasteiger partial charge in [-0.05, 0) is 38.3 Å². The van der Waals surface area contributed by atoms with E-state index in [0.29, 0.717) is 0 Å². The maximum Gasteiger partial charge on any atom is 0.230 e. The lowest BCUT2D eigenvalue weighted by Crippen LogP contribution is -2.49. The minimum absolute atomic E-state index is 0.0720. The molecule has 1 amide bonds. The Bertz CT molecular complexity index is 671. The third kappa shape index (κ3) is 3.53. The van der Waals surface area contributed by atoms with E-state index in [-0.39, 0.29) is 17.4 Å². The van der Waals surface area contributed by atoms with E-state index in [2.05, 4.69) is 34.6 Å². The molecule has 1 atom stereocenters. The fourth-order valence-electron chi connectivity index (χ4n) is 3.87. The van der Waals surface area contributed by atoms with Crippen molar-refractivity contribution < 1.29 is 4.79 Å². The van der Waals surface area contributed by atoms with Gasteiger partial charge in [0, 0.05) is 18.2 Å². The molecule has 1 aromatic carbocycles. The Morgan fingerprint density at radius 1 is 1.25 bits per heavy atom. The van der Waals surface area contributed by atoms with Gasteiger partial charge in [0.25, 0.3) is 0 Å². The number of benzene rings is 1. The highest BCUT2D eigenvalue weighted by Crippen LogP contribution is 2.39. The summed E-state index contributed by atoms with van der Waals surface area (Å²) in [5.41, 5.74) is 2.84. The fraction of sp³-hybridized carbons (Fsp3) is 0.500. The molecule has 3 rings (SSSR count). The molecule has 0 saturated heterocycles. The van der Waals surface area contributed by atoms with Crippen molar-refractivity contribution in [2.24, 2.45) is 0 Å². The SMILES string of the molecule is Cc1cc(C[C@H](C)NC(=O)C2(c3ccccc3)CCCCC2)n[nH]1. The Kier molecular flexibility index (Phi) is 5.03. The molecule has 1 heterocycles. The van der Waals surface area contributed by atoms with Crippen LogP contribution in [0.2, 0.25) is 0 Å². The van der Waals surface area contributed by atoms with Crippen LogP contribution in [0, 0.1) is 6.92 Å². The second-order valence-corrected chi connectivity index (χ2v) is 7.13. The first kappa shape index (κ1) is 16.7. The number of hydrogen-bond donors (Lipinski definition) is 2. The van der Waals surface area contributed by atoms with Crippen LogP contribution in [0.1, 0.15) is 56.0 Å². The van der Waals surface area contributed by atoms with Gasteiger partial charge in [-0.25, -0.2) is 0 Å². The van der Waals surface area contributed by atoms with Crippen molar-refractivity contribution in [1.82, 2.24) is 15.5 Å². The number of H-pyrrole nitrogens is 1. The Morgan fingerprint density at radius 2 is 1.96 bits per heavy atom. The number of rotatable bonds is 5. The predicted octanol–water partition coefficient (Wildman–Crippen LogP) is 3.67. The summed E-state index contributed by atoms with van der Waals surface area (Å²) in [6.45, 7) is 4.05. The largest absolute Gasteiger partial charge is 0.352 e. The molecule has 1 aliphatic rings. The molecule has 2 aromatic rings. The molecule has 24 heavy (non-hydrogen) atoms. The van der Waals surface area contributed by atoms with Gasteiger partial charge in [0.15, 0.2) is 0 Å². The van der Waals surface area contributed by atoms with Crippen LogP contribution in [-0.2, 0) is 16.6 Å². The van der Waals surface area contributed by atoms with Crippen molar-refractivity contribution in [1.29, 1.82) is 0 Å². The number of nitrogens with zero attached hydrogens (tertiary/aromatic N) is 1. The number of aromatic amines is 1. The monoisotopic (exact) mass is 325 g/mol. The highest BCUT2D eigenvalue weighted by atomic mass is 16.2. The quantitative estimate of drug-likeness (QED) is 0.881. The first-order valence-corrected chi connectivity index (χ1v) is 8.97. The maximum atomic E-state index is 13.2. The van der Waals surface area contributed by atoms with Crippen LogP contribution < -0.4 is 5.32 Å². The summed E-state index contributed by atoms with van der Waals surface area (Å²) in [4.78, 5) is 13.2. The molecule has 2 N–H and O–H groups in total. The normalized spacial score (nSPS) is 18.1. The van der Waals surface area contributed by atoms with E-state index in [1.807, 2.05) is 31.2 Å². The Labute approximate surface area is 144 Å². The molecule has 128 valence electrons. The lowest BCUT2D eigenvalue weighted by molar-refractivity contribution is -0.128. The third-order valence-corrected chi connectivity index (χ3v) is 5.12. The van der Waals surface area contributed by atoms with Crippen molar-refractivity contribution in [3.63, 3.8) is 0 Å². The lowest BCUT2D eigenvalue weighted by Gasteiger charge is -2.37. The van der Waals surface area contributed by atoms with Crippen molar-refractivity contribution in [2.45, 2.75) is 63.8 Å². The van der Waals surface area contributed by atoms with Gasteiger partial charge in [0.1, 0.15) is 0 Å². The third-order valence-electron chi connectivity index (χ3n) is 5.12. The van der Waals surface area contributed by atoms with E-state index in [9.17, 15) is 4.79 Å². The summed E-state index contributed by atoms with van der Waals surface area (Å²) >= 11 is 0. The molecule has 0 radical (unpaired) electrons. The van der Waals surface area contributed by atoms with Gasteiger partial charge in [-0.1, -0.05) is 49.6 Å². The van der Waals surface area contributed by atoms with E-state index < -0.39 is 0 Å². The topological polar surface area (TPSA) is 57.8 Å². The minimum atomic E-state index is -0.366. The van der Waals surface area contributed by atoms with Crippen molar-refractivity contribution >= 4 is 5.91 Å². The number of aromatic nitrogens is 2. The van der Waals surface area contributed by atoms with Gasteiger partial charge < -0.3 is 5.32 Å². The van der Waals surface area contributed by atoms with Crippen molar-refractivity contribution in [3.05, 3.63) is 53.3 Å². The van der Waals surface area contributed by atoms with Crippen LogP contribution in [0.5, 0.6) is 0 Å². The zero-order valence-corrected chi connectivity index (χ0v) is 14.6. The van der Waals surface area contributed by atoms with Crippen LogP contribution in [0.15, 0.2) is 36.4 Å². The van der Waals surface area contributed by atoms with Gasteiger partial charge >= 0.3 is 0 Å². The number of hydrogen-bond acceptors (Lipinski definition) is 2. The number of amides is 1. The molecular formula is C20H27N3O. The van der Waals surface area contributed by atoms with E-state index in [0.717, 1.165) is 49.1 Å². The van der Waals surface area contributed by atoms with Crippen molar-refractivity contribution in [2.75, 3.05) is 0 Å². The summed E-state index contributed by atoms with van der Waals surface area (Å²) in [6.07, 6.45) is 6.10. The molecule has 1 fully saturated rings. The minimum Gasteiger partial charge on any atom is -0.352 e. The molecule has 1 saturated carbocycles. The smallest absolute Gasteiger partial charge is 0.230 e. The van der Waals surface area contributed by atoms with Crippen LogP contribution in [-0.4, -0.2) is 22.1 Å². The fourth-order valence-corrected chi connectivity index (χ4v) is 3.87. The molecule has 0 bridgehead atoms. The predicted molar refractivity (Wildman–Crippen MR) is 95.8 cm³/mol. The number of carbonyl (C=O) groups excluding carboxylic acids is 1. The second-order valence-electron chi connectivity index (χ2n) is 7.13. The van der Waals surface area contributed by atoms with Crippen LogP contribution in [0.25, 0.3) is 0 Å². The molecular weight excluding hydrogens is 298 g/mol. The van der Waals surface area contributed by atoms with Crippen LogP contribution >= 0.6 is 0 Å². The molecule has 0 aliphatic heterocycles. The van der Waals surface area contributed by atoms with Crippen molar-refractivity contribution in [3.8, 4) is 0 Å². The molecule has 1 aliphatic carbocycles. The zero-order valence-electron chi connectivity index (χ0n) is 14.6. The van der Waals surface area contributed by atoms with E-state index in [1.165, 1.54) is 6.42 Å². The summed E-state index contributed by atoms with van der Waals surface area (Å²) in [5, 5.41) is 10.5. The highest BCUT2D eigenvalue weighted by Gasteiger charge is 2.41. The standard InChI is InChI=1S/C20H27N3O/c1-15(13-18-14-16(2)22-23-18)21-19(24)20(11-7-4-8-12-20)17-9-5-3-6-10-17/h3,5-6,9-10,14-15H,4,7-8,11-13H2,1-2H3,(H,21,24)(H,22,23)/t15-/m0/s1. The second kappa shape index (κ2) is 7.20. The highest BCUT2D eigenvalue weighted by molar-refractivity contribution is 5.88. The van der Waals surface area contributed by atoms with Gasteiger partial charge in [-0.3, -0.25) is 9.89 Å². The summed E-state index contributed by atoms with van der Waals surface area (Å²) in [5.74, 6) is 0.174. The average molecular weight is 325 g/mol. The molecule has 4 heteroatoms. The molecule has 0 spiro atoms. The van der Waals surface area contributed by atoms with E-state index >= 15 is 0 Å². The number of aryl methyl sites for hydroxylation is 1. The zero-order chi connectivity index (χ0) is 17.0. The van der Waals surface area contributed by atoms with Gasteiger partial charge in [-0.2, -0.15) is 5.10 Å². The average Bonchev–Trinajstić information content (AvgIpc) is 3.01. The summed E-state index contributed by atoms with van der Waals surface area (Å²) < 4.78 is 0. The lowest BCUT2D eigenvalue weighted by atomic mass is 9.68. The molecule has 4 nitrogen and oxygen atoms in total. The van der Waals surface area contributed by atoms with Crippen LogP contribution in [0.3, 0.4) is 0 Å². The van der Waals surface area contributed by atoms with Crippen LogP contribution in [0.4, 0.5) is 0 Å². The van der Waals surface area contributed by atoms with E-state index in [1.54, 1.807) is 0 Å². The summed E-state index contributed by atoms with van der Waals surface area (Å²) in [6, 6.07) is 12.4. The first-order valence-electron chi connectivity index (χ1n) is 8.97. The molecule has 1 aromatic heterocycles. The van der Waals surface area contributed by atoms with Gasteiger partial charge in [0.2, 0.25) is 5.91 Å². The Hall–Kier alpha value is -2.10. The summed E-state index contributed by atoms with van der Waals surface area (Å²) in [7, 11) is 0. The Morgan fingerprint density at radius 3 is 2.58 bits per heavy atom.